The van der Waals surface area contributed by atoms with Crippen molar-refractivity contribution in [2.45, 2.75) is 51.9 Å². The minimum Gasteiger partial charge on any atom is -0.475 e. The second-order valence-electron chi connectivity index (χ2n) is 9.59. The van der Waals surface area contributed by atoms with Crippen LogP contribution in [-0.2, 0) is 12.7 Å². The van der Waals surface area contributed by atoms with Crippen LogP contribution in [0.2, 0.25) is 0 Å². The Labute approximate surface area is 211 Å². The fourth-order valence-electron chi connectivity index (χ4n) is 4.67. The summed E-state index contributed by atoms with van der Waals surface area (Å²) in [6.45, 7) is 4.20. The number of halogens is 3. The second kappa shape index (κ2) is 9.49. The summed E-state index contributed by atoms with van der Waals surface area (Å²) in [7, 11) is 0. The molecule has 0 radical (unpaired) electrons. The van der Waals surface area contributed by atoms with Crippen molar-refractivity contribution < 1.29 is 23.1 Å². The molecular formula is C27H26F3N5O2. The number of alkyl halides is 3. The molecule has 3 aromatic heterocycles. The summed E-state index contributed by atoms with van der Waals surface area (Å²) in [6, 6.07) is 10.6. The van der Waals surface area contributed by atoms with Crippen LogP contribution in [0.25, 0.3) is 22.4 Å². The summed E-state index contributed by atoms with van der Waals surface area (Å²) in [4.78, 5) is 25.0. The topological polar surface area (TPSA) is 92.9 Å². The van der Waals surface area contributed by atoms with E-state index in [9.17, 15) is 23.1 Å². The van der Waals surface area contributed by atoms with Gasteiger partial charge in [0.25, 0.3) is 0 Å². The van der Waals surface area contributed by atoms with Gasteiger partial charge >= 0.3 is 12.1 Å². The number of carboxylic acids is 1. The Kier molecular flexibility index (Phi) is 6.35. The normalized spacial score (nSPS) is 14.9. The van der Waals surface area contributed by atoms with Gasteiger partial charge < -0.3 is 15.0 Å². The van der Waals surface area contributed by atoms with E-state index < -0.39 is 17.7 Å². The SMILES string of the molecule is Cc1ccnc(-c2cc3nc(C(=O)O)nc(N[C@H](C)C4CCC4)c3n2Cc2ccc(C(F)(F)F)cc2)c1. The van der Waals surface area contributed by atoms with Crippen molar-refractivity contribution in [2.75, 3.05) is 5.32 Å². The molecule has 37 heavy (non-hydrogen) atoms. The van der Waals surface area contributed by atoms with Crippen molar-refractivity contribution in [1.29, 1.82) is 0 Å². The number of carboxylic acid groups (broad SMARTS) is 1. The Bertz CT molecular complexity index is 1460. The van der Waals surface area contributed by atoms with Crippen LogP contribution in [0.1, 0.15) is 53.5 Å². The van der Waals surface area contributed by atoms with Gasteiger partial charge in [-0.1, -0.05) is 18.6 Å². The first-order valence-corrected chi connectivity index (χ1v) is 12.1. The van der Waals surface area contributed by atoms with Gasteiger partial charge in [0.2, 0.25) is 5.82 Å². The first-order valence-electron chi connectivity index (χ1n) is 12.1. The number of anilines is 1. The van der Waals surface area contributed by atoms with E-state index in [1.165, 1.54) is 12.1 Å². The molecule has 192 valence electrons. The van der Waals surface area contributed by atoms with Gasteiger partial charge in [0.15, 0.2) is 5.82 Å². The third kappa shape index (κ3) is 5.00. The van der Waals surface area contributed by atoms with E-state index in [1.807, 2.05) is 30.5 Å². The molecule has 10 heteroatoms. The number of aromatic nitrogens is 4. The molecule has 0 saturated heterocycles. The maximum Gasteiger partial charge on any atom is 0.416 e. The lowest BCUT2D eigenvalue weighted by Gasteiger charge is -2.32. The van der Waals surface area contributed by atoms with E-state index >= 15 is 0 Å². The first-order chi connectivity index (χ1) is 17.6. The number of hydrogen-bond acceptors (Lipinski definition) is 5. The van der Waals surface area contributed by atoms with Gasteiger partial charge in [-0.25, -0.2) is 14.8 Å². The molecule has 1 aliphatic carbocycles. The zero-order valence-electron chi connectivity index (χ0n) is 20.4. The molecule has 3 heterocycles. The maximum atomic E-state index is 13.1. The molecule has 2 N–H and O–H groups in total. The number of aromatic carboxylic acids is 1. The highest BCUT2D eigenvalue weighted by Gasteiger charge is 2.30. The number of nitrogens with zero attached hydrogens (tertiary/aromatic N) is 4. The molecule has 0 spiro atoms. The zero-order chi connectivity index (χ0) is 26.3. The van der Waals surface area contributed by atoms with Gasteiger partial charge in [-0.05, 0) is 74.1 Å². The van der Waals surface area contributed by atoms with Crippen molar-refractivity contribution in [1.82, 2.24) is 19.5 Å². The van der Waals surface area contributed by atoms with Crippen molar-refractivity contribution in [2.24, 2.45) is 5.92 Å². The van der Waals surface area contributed by atoms with Crippen LogP contribution in [0.4, 0.5) is 19.0 Å². The van der Waals surface area contributed by atoms with Gasteiger partial charge in [0.05, 0.1) is 22.5 Å². The van der Waals surface area contributed by atoms with Crippen molar-refractivity contribution in [3.05, 3.63) is 71.2 Å². The molecule has 4 aromatic rings. The molecule has 0 unspecified atom stereocenters. The summed E-state index contributed by atoms with van der Waals surface area (Å²) in [5.41, 5.74) is 3.19. The van der Waals surface area contributed by atoms with Gasteiger partial charge in [-0.15, -0.1) is 0 Å². The van der Waals surface area contributed by atoms with E-state index in [4.69, 9.17) is 0 Å². The van der Waals surface area contributed by atoms with Crippen LogP contribution in [0.15, 0.2) is 48.7 Å². The predicted molar refractivity (Wildman–Crippen MR) is 133 cm³/mol. The Morgan fingerprint density at radius 3 is 2.49 bits per heavy atom. The zero-order valence-corrected chi connectivity index (χ0v) is 20.4. The molecule has 1 saturated carbocycles. The lowest BCUT2D eigenvalue weighted by molar-refractivity contribution is -0.137. The molecule has 1 aromatic carbocycles. The summed E-state index contributed by atoms with van der Waals surface area (Å²) in [5, 5.41) is 13.1. The standard InChI is InChI=1S/C27H26F3N5O2/c1-15-10-11-31-20(12-15)22-13-21-23(35(22)14-17-6-8-19(9-7-17)27(28,29)30)24(34-25(33-21)26(36)37)32-16(2)18-4-3-5-18/h6-13,16,18H,3-5,14H2,1-2H3,(H,36,37)(H,32,33,34)/t16-/m1/s1. The minimum absolute atomic E-state index is 0.0588. The van der Waals surface area contributed by atoms with Gasteiger partial charge in [-0.3, -0.25) is 4.98 Å². The molecule has 7 nitrogen and oxygen atoms in total. The molecule has 0 amide bonds. The molecule has 5 rings (SSSR count). The molecular weight excluding hydrogens is 483 g/mol. The van der Waals surface area contributed by atoms with E-state index in [1.54, 1.807) is 12.3 Å². The van der Waals surface area contributed by atoms with E-state index in [-0.39, 0.29) is 18.4 Å². The van der Waals surface area contributed by atoms with Crippen molar-refractivity contribution >= 4 is 22.8 Å². The average Bonchev–Trinajstić information content (AvgIpc) is 3.16. The quantitative estimate of drug-likeness (QED) is 0.310. The number of fused-ring (bicyclic) bond motifs is 1. The lowest BCUT2D eigenvalue weighted by Crippen LogP contribution is -2.31. The van der Waals surface area contributed by atoms with Crippen LogP contribution in [0.5, 0.6) is 0 Å². The number of rotatable bonds is 7. The molecule has 1 aliphatic rings. The highest BCUT2D eigenvalue weighted by atomic mass is 19.4. The van der Waals surface area contributed by atoms with Gasteiger partial charge in [-0.2, -0.15) is 13.2 Å². The Balaban J connectivity index is 1.68. The van der Waals surface area contributed by atoms with E-state index in [0.29, 0.717) is 39.7 Å². The highest BCUT2D eigenvalue weighted by Crippen LogP contribution is 2.35. The number of hydrogen-bond donors (Lipinski definition) is 2. The van der Waals surface area contributed by atoms with Crippen molar-refractivity contribution in [3.63, 3.8) is 0 Å². The van der Waals surface area contributed by atoms with Crippen molar-refractivity contribution in [3.8, 4) is 11.4 Å². The van der Waals surface area contributed by atoms with E-state index in [0.717, 1.165) is 37.0 Å². The average molecular weight is 510 g/mol. The third-order valence-electron chi connectivity index (χ3n) is 6.96. The predicted octanol–water partition coefficient (Wildman–Crippen LogP) is 6.17. The number of benzene rings is 1. The lowest BCUT2D eigenvalue weighted by atomic mass is 9.80. The third-order valence-corrected chi connectivity index (χ3v) is 6.96. The summed E-state index contributed by atoms with van der Waals surface area (Å²) in [5.74, 6) is -0.736. The van der Waals surface area contributed by atoms with E-state index in [2.05, 4.69) is 20.3 Å². The fraction of sp³-hybridized carbons (Fsp3) is 0.333. The smallest absolute Gasteiger partial charge is 0.416 e. The van der Waals surface area contributed by atoms with Crippen LogP contribution >= 0.6 is 0 Å². The minimum atomic E-state index is -4.43. The number of carbonyl (C=O) groups is 1. The molecule has 1 atom stereocenters. The Morgan fingerprint density at radius 1 is 1.16 bits per heavy atom. The van der Waals surface area contributed by atoms with Crippen LogP contribution in [-0.4, -0.2) is 36.6 Å². The summed E-state index contributed by atoms with van der Waals surface area (Å²) in [6.07, 6.45) is 0.574. The first kappa shape index (κ1) is 24.7. The molecule has 0 bridgehead atoms. The molecule has 0 aliphatic heterocycles. The van der Waals surface area contributed by atoms with Gasteiger partial charge in [0, 0.05) is 18.8 Å². The molecule has 1 fully saturated rings. The van der Waals surface area contributed by atoms with Crippen LogP contribution in [0, 0.1) is 12.8 Å². The highest BCUT2D eigenvalue weighted by molar-refractivity contribution is 5.95. The second-order valence-corrected chi connectivity index (χ2v) is 9.59. The van der Waals surface area contributed by atoms with Crippen LogP contribution in [0.3, 0.4) is 0 Å². The van der Waals surface area contributed by atoms with Crippen LogP contribution < -0.4 is 5.32 Å². The Hall–Kier alpha value is -3.95. The fourth-order valence-corrected chi connectivity index (χ4v) is 4.67. The summed E-state index contributed by atoms with van der Waals surface area (Å²) < 4.78 is 41.2. The van der Waals surface area contributed by atoms with Gasteiger partial charge in [0.1, 0.15) is 5.52 Å². The monoisotopic (exact) mass is 509 g/mol. The summed E-state index contributed by atoms with van der Waals surface area (Å²) >= 11 is 0. The number of aryl methyl sites for hydroxylation is 1. The Morgan fingerprint density at radius 2 is 1.89 bits per heavy atom. The largest absolute Gasteiger partial charge is 0.475 e. The number of nitrogens with one attached hydrogen (secondary N) is 1. The number of pyridine rings is 1. The maximum absolute atomic E-state index is 13.1.